The Bertz CT molecular complexity index is 1010. The van der Waals surface area contributed by atoms with Crippen LogP contribution in [0.5, 0.6) is 11.5 Å². The van der Waals surface area contributed by atoms with Gasteiger partial charge in [-0.2, -0.15) is 0 Å². The van der Waals surface area contributed by atoms with E-state index in [9.17, 15) is 9.59 Å². The first-order valence-electron chi connectivity index (χ1n) is 10.6. The molecule has 0 unspecified atom stereocenters. The van der Waals surface area contributed by atoms with E-state index >= 15 is 0 Å². The predicted molar refractivity (Wildman–Crippen MR) is 117 cm³/mol. The number of carbonyl (C=O) groups is 2. The largest absolute Gasteiger partial charge is 0.457 e. The number of rotatable bonds is 7. The van der Waals surface area contributed by atoms with Gasteiger partial charge in [-0.15, -0.1) is 0 Å². The molecule has 31 heavy (non-hydrogen) atoms. The lowest BCUT2D eigenvalue weighted by atomic mass is 9.89. The second-order valence-corrected chi connectivity index (χ2v) is 7.68. The third-order valence-electron chi connectivity index (χ3n) is 5.47. The van der Waals surface area contributed by atoms with Crippen LogP contribution in [0.2, 0.25) is 0 Å². The number of piperidine rings is 1. The molecule has 0 bridgehead atoms. The highest BCUT2D eigenvalue weighted by molar-refractivity contribution is 5.98. The normalized spacial score (nSPS) is 16.0. The van der Waals surface area contributed by atoms with Crippen molar-refractivity contribution in [2.75, 3.05) is 13.1 Å². The van der Waals surface area contributed by atoms with Crippen LogP contribution in [-0.2, 0) is 11.2 Å². The summed E-state index contributed by atoms with van der Waals surface area (Å²) < 4.78 is 5.80. The molecule has 0 spiro atoms. The highest BCUT2D eigenvalue weighted by Crippen LogP contribution is 2.25. The Morgan fingerprint density at radius 3 is 2.52 bits per heavy atom. The maximum absolute atomic E-state index is 13.0. The molecule has 1 aliphatic heterocycles. The van der Waals surface area contributed by atoms with Crippen LogP contribution in [0.3, 0.4) is 0 Å². The Balaban J connectivity index is 1.33. The van der Waals surface area contributed by atoms with Crippen LogP contribution >= 0.6 is 0 Å². The highest BCUT2D eigenvalue weighted by atomic mass is 16.5. The van der Waals surface area contributed by atoms with Gasteiger partial charge in [0.2, 0.25) is 5.91 Å². The molecule has 1 atom stereocenters. The molecule has 3 aromatic rings. The van der Waals surface area contributed by atoms with Crippen molar-refractivity contribution in [2.45, 2.75) is 25.7 Å². The van der Waals surface area contributed by atoms with E-state index in [4.69, 9.17) is 4.74 Å². The number of Topliss-reactive ketones (excluding diaryl/α,β-unsaturated/α-hetero) is 1. The molecule has 1 saturated heterocycles. The van der Waals surface area contributed by atoms with Crippen molar-refractivity contribution in [2.24, 2.45) is 5.92 Å². The quantitative estimate of drug-likeness (QED) is 0.537. The lowest BCUT2D eigenvalue weighted by molar-refractivity contribution is -0.132. The van der Waals surface area contributed by atoms with Crippen molar-refractivity contribution in [1.29, 1.82) is 0 Å². The van der Waals surface area contributed by atoms with Gasteiger partial charge in [0.1, 0.15) is 11.5 Å². The molecule has 2 heterocycles. The number of ether oxygens (including phenoxy) is 1. The Morgan fingerprint density at radius 2 is 1.77 bits per heavy atom. The van der Waals surface area contributed by atoms with E-state index in [1.165, 1.54) is 0 Å². The molecule has 1 aromatic heterocycles. The lowest BCUT2D eigenvalue weighted by Gasteiger charge is -2.32. The summed E-state index contributed by atoms with van der Waals surface area (Å²) in [5.41, 5.74) is 1.46. The minimum absolute atomic E-state index is 0.0646. The summed E-state index contributed by atoms with van der Waals surface area (Å²) >= 11 is 0. The number of ketones is 1. The van der Waals surface area contributed by atoms with E-state index in [1.54, 1.807) is 30.7 Å². The maximum Gasteiger partial charge on any atom is 0.222 e. The molecule has 2 aromatic carbocycles. The molecule has 0 radical (unpaired) electrons. The molecular formula is C25H25N3O3. The number of benzene rings is 2. The maximum atomic E-state index is 13.0. The molecule has 6 nitrogen and oxygen atoms in total. The van der Waals surface area contributed by atoms with E-state index < -0.39 is 0 Å². The van der Waals surface area contributed by atoms with Crippen LogP contribution in [0.4, 0.5) is 0 Å². The predicted octanol–water partition coefficient (Wildman–Crippen LogP) is 4.32. The van der Waals surface area contributed by atoms with E-state index in [1.807, 2.05) is 47.4 Å². The average Bonchev–Trinajstić information content (AvgIpc) is 2.84. The van der Waals surface area contributed by atoms with E-state index in [0.29, 0.717) is 37.2 Å². The standard InChI is InChI=1S/C25H25N3O3/c29-24(13-10-21-17-26-14-15-27-21)28-16-4-5-20(18-28)25(30)19-8-11-23(12-9-19)31-22-6-2-1-3-7-22/h1-3,6-9,11-12,14-15,17,20H,4-5,10,13,16,18H2/t20-/m0/s1. The minimum atomic E-state index is -0.171. The Labute approximate surface area is 181 Å². The zero-order valence-corrected chi connectivity index (χ0v) is 17.3. The first kappa shape index (κ1) is 20.7. The summed E-state index contributed by atoms with van der Waals surface area (Å²) in [6, 6.07) is 16.8. The Morgan fingerprint density at radius 1 is 1.00 bits per heavy atom. The van der Waals surface area contributed by atoms with Crippen LogP contribution in [-0.4, -0.2) is 39.6 Å². The van der Waals surface area contributed by atoms with Gasteiger partial charge < -0.3 is 9.64 Å². The minimum Gasteiger partial charge on any atom is -0.457 e. The SMILES string of the molecule is O=C(c1ccc(Oc2ccccc2)cc1)[C@H]1CCCN(C(=O)CCc2cnccn2)C1. The van der Waals surface area contributed by atoms with Crippen LogP contribution in [0, 0.1) is 5.92 Å². The summed E-state index contributed by atoms with van der Waals surface area (Å²) in [6.07, 6.45) is 7.51. The Kier molecular flexibility index (Phi) is 6.67. The number of likely N-dealkylation sites (tertiary alicyclic amines) is 1. The second-order valence-electron chi connectivity index (χ2n) is 7.68. The van der Waals surface area contributed by atoms with Crippen LogP contribution in [0.15, 0.2) is 73.2 Å². The summed E-state index contributed by atoms with van der Waals surface area (Å²) in [7, 11) is 0. The summed E-state index contributed by atoms with van der Waals surface area (Å²) in [4.78, 5) is 35.7. The van der Waals surface area contributed by atoms with Gasteiger partial charge in [0.05, 0.1) is 5.69 Å². The van der Waals surface area contributed by atoms with E-state index in [2.05, 4.69) is 9.97 Å². The molecule has 1 fully saturated rings. The number of amides is 1. The van der Waals surface area contributed by atoms with Crippen molar-refractivity contribution in [1.82, 2.24) is 14.9 Å². The van der Waals surface area contributed by atoms with Crippen molar-refractivity contribution in [3.05, 3.63) is 84.4 Å². The van der Waals surface area contributed by atoms with E-state index in [-0.39, 0.29) is 17.6 Å². The third kappa shape index (κ3) is 5.54. The molecule has 0 saturated carbocycles. The second kappa shape index (κ2) is 9.98. The monoisotopic (exact) mass is 415 g/mol. The third-order valence-corrected chi connectivity index (χ3v) is 5.47. The van der Waals surface area contributed by atoms with E-state index in [0.717, 1.165) is 24.3 Å². The molecule has 1 aliphatic rings. The number of carbonyl (C=O) groups excluding carboxylic acids is 2. The fourth-order valence-corrected chi connectivity index (χ4v) is 3.82. The number of para-hydroxylation sites is 1. The van der Waals surface area contributed by atoms with Gasteiger partial charge in [0, 0.05) is 49.6 Å². The topological polar surface area (TPSA) is 72.4 Å². The number of hydrogen-bond donors (Lipinski definition) is 0. The lowest BCUT2D eigenvalue weighted by Crippen LogP contribution is -2.42. The number of hydrogen-bond acceptors (Lipinski definition) is 5. The van der Waals surface area contributed by atoms with Gasteiger partial charge in [0.25, 0.3) is 0 Å². The summed E-state index contributed by atoms with van der Waals surface area (Å²) in [5, 5.41) is 0. The van der Waals surface area contributed by atoms with Gasteiger partial charge in [-0.05, 0) is 55.7 Å². The fraction of sp³-hybridized carbons (Fsp3) is 0.280. The molecule has 6 heteroatoms. The molecule has 4 rings (SSSR count). The first-order valence-corrected chi connectivity index (χ1v) is 10.6. The van der Waals surface area contributed by atoms with Gasteiger partial charge in [0.15, 0.2) is 5.78 Å². The summed E-state index contributed by atoms with van der Waals surface area (Å²) in [6.45, 7) is 1.17. The van der Waals surface area contributed by atoms with Crippen LogP contribution < -0.4 is 4.74 Å². The van der Waals surface area contributed by atoms with Crippen molar-refractivity contribution in [3.63, 3.8) is 0 Å². The van der Waals surface area contributed by atoms with Crippen LogP contribution in [0.25, 0.3) is 0 Å². The Hall–Kier alpha value is -3.54. The summed E-state index contributed by atoms with van der Waals surface area (Å²) in [5.74, 6) is 1.42. The van der Waals surface area contributed by atoms with Gasteiger partial charge in [-0.3, -0.25) is 19.6 Å². The van der Waals surface area contributed by atoms with Gasteiger partial charge in [-0.25, -0.2) is 0 Å². The van der Waals surface area contributed by atoms with Gasteiger partial charge >= 0.3 is 0 Å². The number of aromatic nitrogens is 2. The van der Waals surface area contributed by atoms with Gasteiger partial charge in [-0.1, -0.05) is 18.2 Å². The zero-order valence-electron chi connectivity index (χ0n) is 17.3. The molecule has 0 aliphatic carbocycles. The highest BCUT2D eigenvalue weighted by Gasteiger charge is 2.28. The van der Waals surface area contributed by atoms with Crippen molar-refractivity contribution >= 4 is 11.7 Å². The van der Waals surface area contributed by atoms with Crippen molar-refractivity contribution < 1.29 is 14.3 Å². The fourth-order valence-electron chi connectivity index (χ4n) is 3.82. The smallest absolute Gasteiger partial charge is 0.222 e. The molecule has 1 amide bonds. The van der Waals surface area contributed by atoms with Crippen LogP contribution in [0.1, 0.15) is 35.3 Å². The molecular weight excluding hydrogens is 390 g/mol. The first-order chi connectivity index (χ1) is 15.2. The zero-order chi connectivity index (χ0) is 21.5. The molecule has 0 N–H and O–H groups in total. The van der Waals surface area contributed by atoms with Crippen molar-refractivity contribution in [3.8, 4) is 11.5 Å². The molecule has 158 valence electrons. The average molecular weight is 415 g/mol. The number of aryl methyl sites for hydroxylation is 1. The number of nitrogens with zero attached hydrogens (tertiary/aromatic N) is 3.